The largest absolute Gasteiger partial charge is 0.464 e. The molecule has 0 radical (unpaired) electrons. The van der Waals surface area contributed by atoms with Gasteiger partial charge in [0, 0.05) is 90.2 Å². The van der Waals surface area contributed by atoms with Crippen LogP contribution in [0.25, 0.3) is 33.4 Å². The standard InChI is InChI=1S/C43H56N8O5S/c1-8-50-35-14-13-27-17-30(35)31(38(50)29-11-9-15-44-37(29)26(2)55-7)21-42(3,4)25-56-40(53)32-12-10-16-51(47-32)39(52)33(18-36-45-34(27)22-57-36)46-41(54)49-23-43(24-49)19-28(20-43)48(5)6/h9,11,13-15,17,22,26,28,32-33,47H,8,10,12,16,18-21,23-25H2,1-7H3,(H,46,54)/t26-,32-,33-/m0/s1. The van der Waals surface area contributed by atoms with Gasteiger partial charge in [0.2, 0.25) is 0 Å². The number of nitrogens with one attached hydrogen (secondary N) is 2. The molecule has 4 aromatic rings. The molecule has 1 aliphatic carbocycles. The number of urea groups is 1. The quantitative estimate of drug-likeness (QED) is 0.232. The summed E-state index contributed by atoms with van der Waals surface area (Å²) in [6, 6.07) is 9.32. The molecule has 4 aliphatic rings. The monoisotopic (exact) mass is 796 g/mol. The van der Waals surface area contributed by atoms with Gasteiger partial charge < -0.3 is 29.2 Å². The Hall–Kier alpha value is -4.37. The van der Waals surface area contributed by atoms with Gasteiger partial charge in [0.05, 0.1) is 34.8 Å². The minimum Gasteiger partial charge on any atom is -0.464 e. The molecule has 304 valence electrons. The van der Waals surface area contributed by atoms with Crippen molar-refractivity contribution in [2.45, 2.75) is 97.0 Å². The number of hydrazine groups is 1. The lowest BCUT2D eigenvalue weighted by Gasteiger charge is -2.60. The first-order chi connectivity index (χ1) is 27.3. The number of amides is 3. The minimum absolute atomic E-state index is 0.178. The number of aryl methyl sites for hydroxylation is 1. The average molecular weight is 797 g/mol. The summed E-state index contributed by atoms with van der Waals surface area (Å²) in [4.78, 5) is 55.7. The fraction of sp³-hybridized carbons (Fsp3) is 0.558. The zero-order valence-corrected chi connectivity index (χ0v) is 35.1. The predicted molar refractivity (Wildman–Crippen MR) is 220 cm³/mol. The van der Waals surface area contributed by atoms with Crippen LogP contribution in [0.1, 0.15) is 75.7 Å². The molecule has 1 aromatic carbocycles. The molecule has 6 bridgehead atoms. The summed E-state index contributed by atoms with van der Waals surface area (Å²) in [5.41, 5.74) is 9.87. The lowest BCUT2D eigenvalue weighted by Crippen LogP contribution is -2.69. The molecule has 1 saturated carbocycles. The summed E-state index contributed by atoms with van der Waals surface area (Å²) >= 11 is 1.49. The summed E-state index contributed by atoms with van der Waals surface area (Å²) in [5.74, 6) is -0.682. The van der Waals surface area contributed by atoms with Gasteiger partial charge in [0.15, 0.2) is 0 Å². The summed E-state index contributed by atoms with van der Waals surface area (Å²) in [6.45, 7) is 11.1. The molecule has 3 aromatic heterocycles. The second-order valence-corrected chi connectivity index (χ2v) is 18.5. The van der Waals surface area contributed by atoms with E-state index in [9.17, 15) is 14.4 Å². The van der Waals surface area contributed by atoms with Crippen molar-refractivity contribution in [3.05, 3.63) is 58.2 Å². The number of nitrogens with zero attached hydrogens (tertiary/aromatic N) is 6. The highest BCUT2D eigenvalue weighted by Crippen LogP contribution is 2.50. The van der Waals surface area contributed by atoms with Crippen molar-refractivity contribution < 1.29 is 23.9 Å². The van der Waals surface area contributed by atoms with Crippen LogP contribution < -0.4 is 10.7 Å². The van der Waals surface area contributed by atoms with Crippen LogP contribution in [0.5, 0.6) is 0 Å². The number of carbonyl (C=O) groups is 3. The van der Waals surface area contributed by atoms with E-state index in [1.54, 1.807) is 7.11 Å². The third-order valence-corrected chi connectivity index (χ3v) is 13.4. The highest BCUT2D eigenvalue weighted by Gasteiger charge is 2.54. The van der Waals surface area contributed by atoms with Gasteiger partial charge in [-0.25, -0.2) is 15.2 Å². The maximum Gasteiger partial charge on any atom is 0.324 e. The Kier molecular flexibility index (Phi) is 10.7. The van der Waals surface area contributed by atoms with Crippen LogP contribution in [0, 0.1) is 10.8 Å². The van der Waals surface area contributed by atoms with Crippen molar-refractivity contribution >= 4 is 40.1 Å². The van der Waals surface area contributed by atoms with Gasteiger partial charge in [-0.05, 0) is 89.9 Å². The number of pyridine rings is 1. The molecule has 13 nitrogen and oxygen atoms in total. The molecule has 6 heterocycles. The van der Waals surface area contributed by atoms with Crippen molar-refractivity contribution in [1.82, 2.24) is 40.1 Å². The normalized spacial score (nSPS) is 22.9. The van der Waals surface area contributed by atoms with Gasteiger partial charge in [-0.3, -0.25) is 19.6 Å². The van der Waals surface area contributed by atoms with Gasteiger partial charge in [-0.15, -0.1) is 11.3 Å². The van der Waals surface area contributed by atoms with Crippen molar-refractivity contribution in [1.29, 1.82) is 0 Å². The van der Waals surface area contributed by atoms with Crippen LogP contribution in [-0.4, -0.2) is 113 Å². The van der Waals surface area contributed by atoms with E-state index >= 15 is 0 Å². The van der Waals surface area contributed by atoms with Gasteiger partial charge in [0.1, 0.15) is 12.1 Å². The Bertz CT molecular complexity index is 2160. The molecule has 8 rings (SSSR count). The van der Waals surface area contributed by atoms with E-state index in [-0.39, 0.29) is 36.5 Å². The number of ether oxygens (including phenoxy) is 2. The highest BCUT2D eigenvalue weighted by molar-refractivity contribution is 7.10. The number of methoxy groups -OCH3 is 1. The predicted octanol–water partition coefficient (Wildman–Crippen LogP) is 5.82. The third-order valence-electron chi connectivity index (χ3n) is 12.5. The first-order valence-electron chi connectivity index (χ1n) is 20.3. The van der Waals surface area contributed by atoms with Crippen LogP contribution >= 0.6 is 11.3 Å². The lowest BCUT2D eigenvalue weighted by molar-refractivity contribution is -0.155. The molecule has 3 amide bonds. The number of thiazole rings is 1. The van der Waals surface area contributed by atoms with Crippen molar-refractivity contribution in [3.8, 4) is 22.5 Å². The first kappa shape index (κ1) is 39.5. The number of cyclic esters (lactones) is 1. The van der Waals surface area contributed by atoms with E-state index in [2.05, 4.69) is 79.3 Å². The number of carbonyl (C=O) groups excluding carboxylic acids is 3. The van der Waals surface area contributed by atoms with Gasteiger partial charge in [-0.2, -0.15) is 0 Å². The van der Waals surface area contributed by atoms with E-state index < -0.39 is 23.5 Å². The number of aromatic nitrogens is 3. The smallest absolute Gasteiger partial charge is 0.324 e. The molecule has 0 unspecified atom stereocenters. The third kappa shape index (κ3) is 7.57. The van der Waals surface area contributed by atoms with E-state index in [0.29, 0.717) is 44.9 Å². The van der Waals surface area contributed by atoms with Crippen molar-refractivity contribution in [3.63, 3.8) is 0 Å². The lowest BCUT2D eigenvalue weighted by atomic mass is 9.60. The molecule has 3 aliphatic heterocycles. The second kappa shape index (κ2) is 15.4. The van der Waals surface area contributed by atoms with Gasteiger partial charge in [-0.1, -0.05) is 19.9 Å². The Morgan fingerprint density at radius 3 is 2.72 bits per heavy atom. The van der Waals surface area contributed by atoms with E-state index in [0.717, 1.165) is 69.1 Å². The number of benzene rings is 1. The van der Waals surface area contributed by atoms with Crippen LogP contribution in [0.2, 0.25) is 0 Å². The summed E-state index contributed by atoms with van der Waals surface area (Å²) in [5, 5.41) is 8.46. The summed E-state index contributed by atoms with van der Waals surface area (Å²) in [6.07, 6.45) is 5.76. The molecule has 2 N–H and O–H groups in total. The van der Waals surface area contributed by atoms with Crippen LogP contribution in [0.15, 0.2) is 41.9 Å². The maximum absolute atomic E-state index is 14.3. The molecule has 14 heteroatoms. The van der Waals surface area contributed by atoms with E-state index in [1.165, 1.54) is 16.3 Å². The number of rotatable bonds is 6. The van der Waals surface area contributed by atoms with Crippen LogP contribution in [0.3, 0.4) is 0 Å². The molecule has 3 fully saturated rings. The van der Waals surface area contributed by atoms with Gasteiger partial charge in [0.25, 0.3) is 5.91 Å². The number of hydrogen-bond donors (Lipinski definition) is 2. The molecule has 1 spiro atoms. The SMILES string of the molecule is CCn1c(-c2cccnc2[C@H](C)OC)c2c3cc(ccc31)-c1csc(n1)C[C@H](NC(=O)N1CC3(CC(N(C)C)C3)C1)C(=O)N1CCC[C@H](N1)C(=O)OCC(C)(C)C2. The van der Waals surface area contributed by atoms with Crippen molar-refractivity contribution in [2.24, 2.45) is 10.8 Å². The first-order valence-corrected chi connectivity index (χ1v) is 21.2. The summed E-state index contributed by atoms with van der Waals surface area (Å²) in [7, 11) is 5.91. The Morgan fingerprint density at radius 2 is 1.98 bits per heavy atom. The molecule has 3 atom stereocenters. The number of hydrogen-bond acceptors (Lipinski definition) is 10. The molecule has 57 heavy (non-hydrogen) atoms. The topological polar surface area (TPSA) is 134 Å². The van der Waals surface area contributed by atoms with Crippen molar-refractivity contribution in [2.75, 3.05) is 47.4 Å². The molecular weight excluding hydrogens is 741 g/mol. The van der Waals surface area contributed by atoms with E-state index in [1.807, 2.05) is 29.5 Å². The molecule has 2 saturated heterocycles. The summed E-state index contributed by atoms with van der Waals surface area (Å²) < 4.78 is 14.2. The Balaban J connectivity index is 1.17. The maximum atomic E-state index is 14.3. The fourth-order valence-corrected chi connectivity index (χ4v) is 10.1. The number of esters is 1. The highest BCUT2D eigenvalue weighted by atomic mass is 32.1. The molecular formula is C43H56N8O5S. The number of fused-ring (bicyclic) bond motifs is 6. The average Bonchev–Trinajstić information content (AvgIpc) is 3.76. The number of likely N-dealkylation sites (tertiary alicyclic amines) is 1. The van der Waals surface area contributed by atoms with Crippen LogP contribution in [-0.2, 0) is 38.4 Å². The minimum atomic E-state index is -0.873. The van der Waals surface area contributed by atoms with Gasteiger partial charge >= 0.3 is 12.0 Å². The zero-order valence-electron chi connectivity index (χ0n) is 34.3. The Morgan fingerprint density at radius 1 is 1.19 bits per heavy atom. The second-order valence-electron chi connectivity index (χ2n) is 17.6. The fourth-order valence-electron chi connectivity index (χ4n) is 9.27. The zero-order chi connectivity index (χ0) is 40.2. The van der Waals surface area contributed by atoms with E-state index in [4.69, 9.17) is 19.4 Å². The van der Waals surface area contributed by atoms with Crippen LogP contribution in [0.4, 0.5) is 4.79 Å². The Labute approximate surface area is 339 Å².